The summed E-state index contributed by atoms with van der Waals surface area (Å²) in [5, 5.41) is 16.8. The van der Waals surface area contributed by atoms with Gasteiger partial charge in [-0.1, -0.05) is 27.5 Å². The van der Waals surface area contributed by atoms with E-state index in [4.69, 9.17) is 23.8 Å². The molecule has 0 atom stereocenters. The number of nitro groups is 1. The Morgan fingerprint density at radius 1 is 1.26 bits per heavy atom. The summed E-state index contributed by atoms with van der Waals surface area (Å²) in [5.41, 5.74) is 0.0881. The summed E-state index contributed by atoms with van der Waals surface area (Å²) in [5.74, 6) is -0.325. The molecule has 0 saturated heterocycles. The maximum absolute atomic E-state index is 12.3. The number of hydrogen-bond acceptors (Lipinski definition) is 4. The Balaban J connectivity index is 2.17. The van der Waals surface area contributed by atoms with Gasteiger partial charge in [0.15, 0.2) is 11.7 Å². The first-order valence-corrected chi connectivity index (χ1v) is 8.63. The highest BCUT2D eigenvalue weighted by Gasteiger charge is 2.28. The van der Waals surface area contributed by atoms with Gasteiger partial charge in [0.2, 0.25) is 0 Å². The molecule has 0 heterocycles. The second-order valence-corrected chi connectivity index (χ2v) is 6.81. The van der Waals surface area contributed by atoms with Crippen LogP contribution >= 0.6 is 39.7 Å². The average molecular weight is 485 g/mol. The SMILES string of the molecule is O=[N+]([O-])c1cc(NC(=S)Nc2ccc(Br)cc2Cl)cc(OCC(F)(F)F)c1. The lowest BCUT2D eigenvalue weighted by atomic mass is 10.2. The number of nitro benzene ring substituents is 1. The molecule has 27 heavy (non-hydrogen) atoms. The van der Waals surface area contributed by atoms with Gasteiger partial charge in [-0.3, -0.25) is 10.1 Å². The minimum atomic E-state index is -4.58. The van der Waals surface area contributed by atoms with Gasteiger partial charge in [0.1, 0.15) is 5.75 Å². The minimum absolute atomic E-state index is 0.0292. The second kappa shape index (κ2) is 8.72. The number of ether oxygens (including phenoxy) is 1. The molecule has 0 saturated carbocycles. The van der Waals surface area contributed by atoms with Gasteiger partial charge in [0.05, 0.1) is 27.4 Å². The fourth-order valence-corrected chi connectivity index (χ4v) is 2.83. The molecule has 0 aliphatic carbocycles. The summed E-state index contributed by atoms with van der Waals surface area (Å²) in [6, 6.07) is 8.15. The van der Waals surface area contributed by atoms with Crippen molar-refractivity contribution < 1.29 is 22.8 Å². The molecule has 144 valence electrons. The van der Waals surface area contributed by atoms with E-state index in [-0.39, 0.29) is 16.5 Å². The number of halogens is 5. The van der Waals surface area contributed by atoms with Crippen LogP contribution in [0.5, 0.6) is 5.75 Å². The van der Waals surface area contributed by atoms with Crippen molar-refractivity contribution in [1.29, 1.82) is 0 Å². The van der Waals surface area contributed by atoms with Crippen molar-refractivity contribution >= 4 is 61.9 Å². The molecular weight excluding hydrogens is 475 g/mol. The minimum Gasteiger partial charge on any atom is -0.484 e. The molecule has 12 heteroatoms. The van der Waals surface area contributed by atoms with Crippen molar-refractivity contribution in [1.82, 2.24) is 0 Å². The molecule has 2 aromatic rings. The summed E-state index contributed by atoms with van der Waals surface area (Å²) in [6.07, 6.45) is -4.58. The number of rotatable bonds is 5. The predicted molar refractivity (Wildman–Crippen MR) is 104 cm³/mol. The van der Waals surface area contributed by atoms with Gasteiger partial charge in [-0.05, 0) is 30.4 Å². The fourth-order valence-electron chi connectivity index (χ4n) is 1.88. The summed E-state index contributed by atoms with van der Waals surface area (Å²) in [7, 11) is 0. The molecule has 2 N–H and O–H groups in total. The molecule has 0 unspecified atom stereocenters. The van der Waals surface area contributed by atoms with Crippen molar-refractivity contribution in [2.75, 3.05) is 17.2 Å². The zero-order valence-corrected chi connectivity index (χ0v) is 16.3. The zero-order chi connectivity index (χ0) is 20.2. The van der Waals surface area contributed by atoms with Crippen molar-refractivity contribution in [3.8, 4) is 5.75 Å². The van der Waals surface area contributed by atoms with E-state index in [0.717, 1.165) is 22.7 Å². The Morgan fingerprint density at radius 3 is 2.56 bits per heavy atom. The van der Waals surface area contributed by atoms with Gasteiger partial charge in [0.25, 0.3) is 5.69 Å². The maximum atomic E-state index is 12.3. The van der Waals surface area contributed by atoms with Crippen LogP contribution in [-0.2, 0) is 0 Å². The van der Waals surface area contributed by atoms with Crippen molar-refractivity contribution in [3.05, 3.63) is 56.0 Å². The molecular formula is C15H10BrClF3N3O3S. The lowest BCUT2D eigenvalue weighted by molar-refractivity contribution is -0.384. The average Bonchev–Trinajstić information content (AvgIpc) is 2.54. The summed E-state index contributed by atoms with van der Waals surface area (Å²) in [4.78, 5) is 10.2. The molecule has 0 spiro atoms. The molecule has 0 aliphatic heterocycles. The highest BCUT2D eigenvalue weighted by atomic mass is 79.9. The number of nitrogens with zero attached hydrogens (tertiary/aromatic N) is 1. The Morgan fingerprint density at radius 2 is 1.96 bits per heavy atom. The van der Waals surface area contributed by atoms with Crippen molar-refractivity contribution in [2.24, 2.45) is 0 Å². The Bertz CT molecular complexity index is 883. The van der Waals surface area contributed by atoms with Gasteiger partial charge in [0, 0.05) is 16.6 Å². The molecule has 2 aromatic carbocycles. The van der Waals surface area contributed by atoms with Crippen LogP contribution in [0.3, 0.4) is 0 Å². The molecule has 2 rings (SSSR count). The number of thiocarbonyl (C=S) groups is 1. The van der Waals surface area contributed by atoms with Crippen molar-refractivity contribution in [3.63, 3.8) is 0 Å². The van der Waals surface area contributed by atoms with Gasteiger partial charge in [-0.15, -0.1) is 0 Å². The Hall–Kier alpha value is -2.11. The number of hydrogen-bond donors (Lipinski definition) is 2. The molecule has 0 amide bonds. The first-order chi connectivity index (χ1) is 12.5. The molecule has 0 bridgehead atoms. The van der Waals surface area contributed by atoms with E-state index in [1.54, 1.807) is 18.2 Å². The van der Waals surface area contributed by atoms with E-state index in [1.165, 1.54) is 0 Å². The lowest BCUT2D eigenvalue weighted by Gasteiger charge is -2.14. The number of non-ortho nitro benzene ring substituents is 1. The standard InChI is InChI=1S/C15H10BrClF3N3O3S/c16-8-1-2-13(12(17)3-8)22-14(27)21-9-4-10(23(24)25)6-11(5-9)26-7-15(18,19)20/h1-6H,7H2,(H2,21,22,27). The van der Waals surface area contributed by atoms with Gasteiger partial charge in [-0.2, -0.15) is 13.2 Å². The van der Waals surface area contributed by atoms with Crippen LogP contribution in [0.1, 0.15) is 0 Å². The van der Waals surface area contributed by atoms with E-state index in [0.29, 0.717) is 10.7 Å². The van der Waals surface area contributed by atoms with Crippen LogP contribution in [0.4, 0.5) is 30.2 Å². The normalized spacial score (nSPS) is 11.0. The van der Waals surface area contributed by atoms with Crippen molar-refractivity contribution in [2.45, 2.75) is 6.18 Å². The number of benzene rings is 2. The molecule has 0 fully saturated rings. The van der Waals surface area contributed by atoms with Crippen LogP contribution in [0.25, 0.3) is 0 Å². The van der Waals surface area contributed by atoms with Crippen LogP contribution in [-0.4, -0.2) is 22.8 Å². The number of nitrogens with one attached hydrogen (secondary N) is 2. The molecule has 0 aliphatic rings. The van der Waals surface area contributed by atoms with Gasteiger partial charge >= 0.3 is 6.18 Å². The molecule has 0 radical (unpaired) electrons. The van der Waals surface area contributed by atoms with E-state index in [2.05, 4.69) is 31.3 Å². The Labute approximate surface area is 169 Å². The largest absolute Gasteiger partial charge is 0.484 e. The quantitative estimate of drug-likeness (QED) is 0.319. The molecule has 0 aromatic heterocycles. The number of anilines is 2. The first-order valence-electron chi connectivity index (χ1n) is 7.05. The fraction of sp³-hybridized carbons (Fsp3) is 0.133. The highest BCUT2D eigenvalue weighted by Crippen LogP contribution is 2.29. The third-order valence-electron chi connectivity index (χ3n) is 2.94. The smallest absolute Gasteiger partial charge is 0.422 e. The highest BCUT2D eigenvalue weighted by molar-refractivity contribution is 9.10. The van der Waals surface area contributed by atoms with Crippen LogP contribution < -0.4 is 15.4 Å². The zero-order valence-electron chi connectivity index (χ0n) is 13.1. The van der Waals surface area contributed by atoms with Crippen LogP contribution in [0.15, 0.2) is 40.9 Å². The van der Waals surface area contributed by atoms with E-state index >= 15 is 0 Å². The van der Waals surface area contributed by atoms with Crippen LogP contribution in [0.2, 0.25) is 5.02 Å². The predicted octanol–water partition coefficient (Wildman–Crippen LogP) is 5.76. The summed E-state index contributed by atoms with van der Waals surface area (Å²) in [6.45, 7) is -1.58. The summed E-state index contributed by atoms with van der Waals surface area (Å²) >= 11 is 14.4. The van der Waals surface area contributed by atoms with Crippen LogP contribution in [0, 0.1) is 10.1 Å². The second-order valence-electron chi connectivity index (χ2n) is 5.08. The van der Waals surface area contributed by atoms with Gasteiger partial charge < -0.3 is 15.4 Å². The molecule has 6 nitrogen and oxygen atoms in total. The lowest BCUT2D eigenvalue weighted by Crippen LogP contribution is -2.20. The van der Waals surface area contributed by atoms with E-state index in [9.17, 15) is 23.3 Å². The van der Waals surface area contributed by atoms with E-state index in [1.807, 2.05) is 0 Å². The van der Waals surface area contributed by atoms with E-state index < -0.39 is 23.4 Å². The third-order valence-corrected chi connectivity index (χ3v) is 3.95. The number of alkyl halides is 3. The summed E-state index contributed by atoms with van der Waals surface area (Å²) < 4.78 is 42.2. The van der Waals surface area contributed by atoms with Gasteiger partial charge in [-0.25, -0.2) is 0 Å². The Kier molecular flexibility index (Phi) is 6.84. The third kappa shape index (κ3) is 6.85. The first kappa shape index (κ1) is 21.2. The maximum Gasteiger partial charge on any atom is 0.422 e. The monoisotopic (exact) mass is 483 g/mol. The topological polar surface area (TPSA) is 76.4 Å².